The lowest BCUT2D eigenvalue weighted by atomic mass is 10.2. The number of halogens is 2. The van der Waals surface area contributed by atoms with Crippen molar-refractivity contribution in [3.63, 3.8) is 0 Å². The van der Waals surface area contributed by atoms with Gasteiger partial charge in [-0.15, -0.1) is 0 Å². The average Bonchev–Trinajstić information content (AvgIpc) is 2.72. The molecule has 116 valence electrons. The molecule has 9 heteroatoms. The summed E-state index contributed by atoms with van der Waals surface area (Å²) in [4.78, 5) is 3.38. The Morgan fingerprint density at radius 1 is 1.18 bits per heavy atom. The highest BCUT2D eigenvalue weighted by Gasteiger charge is 2.31. The van der Waals surface area contributed by atoms with E-state index in [1.54, 1.807) is 24.3 Å². The summed E-state index contributed by atoms with van der Waals surface area (Å²) in [6, 6.07) is 6.72. The molecule has 22 heavy (non-hydrogen) atoms. The molecule has 0 fully saturated rings. The summed E-state index contributed by atoms with van der Waals surface area (Å²) in [5, 5.41) is 2.55. The maximum Gasteiger partial charge on any atom is 0.324 e. The third-order valence-corrected chi connectivity index (χ3v) is 4.61. The van der Waals surface area contributed by atoms with Gasteiger partial charge >= 0.3 is 10.2 Å². The van der Waals surface area contributed by atoms with Crippen molar-refractivity contribution in [3.8, 4) is 0 Å². The van der Waals surface area contributed by atoms with Crippen LogP contribution in [0.15, 0.2) is 36.7 Å². The molecule has 3 rings (SSSR count). The minimum absolute atomic E-state index is 0.0214. The number of rotatable bonds is 4. The van der Waals surface area contributed by atoms with E-state index in [2.05, 4.69) is 15.0 Å². The highest BCUT2D eigenvalue weighted by molar-refractivity contribution is 7.94. The summed E-state index contributed by atoms with van der Waals surface area (Å²) >= 11 is 0. The van der Waals surface area contributed by atoms with Gasteiger partial charge in [0.1, 0.15) is 5.69 Å². The van der Waals surface area contributed by atoms with E-state index in [0.717, 1.165) is 16.7 Å². The normalized spacial score (nSPS) is 15.3. The van der Waals surface area contributed by atoms with E-state index in [4.69, 9.17) is 0 Å². The Morgan fingerprint density at radius 3 is 2.59 bits per heavy atom. The van der Waals surface area contributed by atoms with Crippen molar-refractivity contribution in [2.75, 3.05) is 27.4 Å². The van der Waals surface area contributed by atoms with Gasteiger partial charge in [-0.3, -0.25) is 9.71 Å². The van der Waals surface area contributed by atoms with E-state index in [0.29, 0.717) is 11.4 Å². The first kappa shape index (κ1) is 14.5. The first-order chi connectivity index (χ1) is 10.5. The van der Waals surface area contributed by atoms with Crippen LogP contribution in [-0.2, 0) is 10.2 Å². The van der Waals surface area contributed by atoms with Gasteiger partial charge in [0.05, 0.1) is 30.3 Å². The molecule has 0 saturated heterocycles. The summed E-state index contributed by atoms with van der Waals surface area (Å²) < 4.78 is 54.5. The van der Waals surface area contributed by atoms with Gasteiger partial charge in [0.2, 0.25) is 0 Å². The standard InChI is InChI=1S/C13H12F2N4O2S/c14-9-7-16-8-10(15)13(9)17-5-6-19-12-4-2-1-3-11(12)18-22(19,20)21/h1-4,7-8,18H,5-6H2,(H,16,17). The number of pyridine rings is 1. The molecule has 0 spiro atoms. The minimum Gasteiger partial charge on any atom is -0.378 e. The van der Waals surface area contributed by atoms with Crippen LogP contribution >= 0.6 is 0 Å². The van der Waals surface area contributed by atoms with E-state index in [1.165, 1.54) is 0 Å². The lowest BCUT2D eigenvalue weighted by Gasteiger charge is -2.17. The smallest absolute Gasteiger partial charge is 0.324 e. The van der Waals surface area contributed by atoms with Gasteiger partial charge in [-0.05, 0) is 12.1 Å². The van der Waals surface area contributed by atoms with Crippen molar-refractivity contribution >= 4 is 27.3 Å². The summed E-state index contributed by atoms with van der Waals surface area (Å²) in [7, 11) is -3.68. The minimum atomic E-state index is -3.68. The molecule has 0 saturated carbocycles. The second-order valence-corrected chi connectivity index (χ2v) is 6.20. The predicted molar refractivity (Wildman–Crippen MR) is 79.0 cm³/mol. The fourth-order valence-electron chi connectivity index (χ4n) is 2.20. The molecule has 2 aromatic rings. The highest BCUT2D eigenvalue weighted by Crippen LogP contribution is 2.34. The van der Waals surface area contributed by atoms with E-state index in [9.17, 15) is 17.2 Å². The summed E-state index contributed by atoms with van der Waals surface area (Å²) in [5.41, 5.74) is 0.650. The van der Waals surface area contributed by atoms with Gasteiger partial charge in [0, 0.05) is 6.54 Å². The molecule has 0 radical (unpaired) electrons. The third kappa shape index (κ3) is 2.54. The van der Waals surface area contributed by atoms with Crippen LogP contribution in [0.5, 0.6) is 0 Å². The SMILES string of the molecule is O=S1(=O)Nc2ccccc2N1CCNc1c(F)cncc1F. The number of hydrogen-bond donors (Lipinski definition) is 2. The van der Waals surface area contributed by atoms with Crippen LogP contribution in [0.3, 0.4) is 0 Å². The zero-order valence-electron chi connectivity index (χ0n) is 11.3. The van der Waals surface area contributed by atoms with Crippen molar-refractivity contribution in [2.45, 2.75) is 0 Å². The quantitative estimate of drug-likeness (QED) is 0.900. The molecular formula is C13H12F2N4O2S. The van der Waals surface area contributed by atoms with Gasteiger partial charge < -0.3 is 5.32 Å². The molecular weight excluding hydrogens is 314 g/mol. The number of para-hydroxylation sites is 2. The number of benzene rings is 1. The third-order valence-electron chi connectivity index (χ3n) is 3.17. The topological polar surface area (TPSA) is 74.3 Å². The Kier molecular flexibility index (Phi) is 3.57. The summed E-state index contributed by atoms with van der Waals surface area (Å²) in [5.74, 6) is -1.66. The molecule has 0 amide bonds. The number of aromatic nitrogens is 1. The molecule has 1 aromatic carbocycles. The Bertz CT molecular complexity index is 793. The average molecular weight is 326 g/mol. The molecule has 0 aliphatic carbocycles. The van der Waals surface area contributed by atoms with Gasteiger partial charge in [0.25, 0.3) is 0 Å². The van der Waals surface area contributed by atoms with E-state index >= 15 is 0 Å². The molecule has 1 aliphatic heterocycles. The van der Waals surface area contributed by atoms with Gasteiger partial charge in [-0.1, -0.05) is 12.1 Å². The van der Waals surface area contributed by atoms with Crippen LogP contribution < -0.4 is 14.3 Å². The largest absolute Gasteiger partial charge is 0.378 e. The van der Waals surface area contributed by atoms with Gasteiger partial charge in [0.15, 0.2) is 11.6 Å². The first-order valence-electron chi connectivity index (χ1n) is 6.41. The second kappa shape index (κ2) is 5.41. The molecule has 2 heterocycles. The van der Waals surface area contributed by atoms with Crippen LogP contribution in [0.1, 0.15) is 0 Å². The molecule has 0 bridgehead atoms. The van der Waals surface area contributed by atoms with Crippen molar-refractivity contribution < 1.29 is 17.2 Å². The lowest BCUT2D eigenvalue weighted by molar-refractivity contribution is 0.578. The van der Waals surface area contributed by atoms with Crippen LogP contribution in [0, 0.1) is 11.6 Å². The molecule has 2 N–H and O–H groups in total. The number of anilines is 3. The van der Waals surface area contributed by atoms with Crippen molar-refractivity contribution in [1.29, 1.82) is 0 Å². The first-order valence-corrected chi connectivity index (χ1v) is 7.85. The Balaban J connectivity index is 1.74. The van der Waals surface area contributed by atoms with Crippen LogP contribution in [0.4, 0.5) is 25.8 Å². The fourth-order valence-corrected chi connectivity index (χ4v) is 3.51. The highest BCUT2D eigenvalue weighted by atomic mass is 32.2. The van der Waals surface area contributed by atoms with E-state index < -0.39 is 21.8 Å². The lowest BCUT2D eigenvalue weighted by Crippen LogP contribution is -2.34. The maximum absolute atomic E-state index is 13.4. The van der Waals surface area contributed by atoms with Crippen molar-refractivity contribution in [2.24, 2.45) is 0 Å². The summed E-state index contributed by atoms with van der Waals surface area (Å²) in [6.07, 6.45) is 1.77. The zero-order chi connectivity index (χ0) is 15.7. The fraction of sp³-hybridized carbons (Fsp3) is 0.154. The van der Waals surface area contributed by atoms with Crippen LogP contribution in [0.2, 0.25) is 0 Å². The summed E-state index contributed by atoms with van der Waals surface area (Å²) in [6.45, 7) is 0.0562. The zero-order valence-corrected chi connectivity index (χ0v) is 12.1. The molecule has 1 aromatic heterocycles. The number of fused-ring (bicyclic) bond motifs is 1. The van der Waals surface area contributed by atoms with Crippen molar-refractivity contribution in [1.82, 2.24) is 4.98 Å². The Hall–Kier alpha value is -2.42. The van der Waals surface area contributed by atoms with Gasteiger partial charge in [-0.2, -0.15) is 8.42 Å². The van der Waals surface area contributed by atoms with Crippen LogP contribution in [-0.4, -0.2) is 26.5 Å². The van der Waals surface area contributed by atoms with E-state index in [1.807, 2.05) is 0 Å². The van der Waals surface area contributed by atoms with Gasteiger partial charge in [-0.25, -0.2) is 13.1 Å². The van der Waals surface area contributed by atoms with E-state index in [-0.39, 0.29) is 18.8 Å². The Morgan fingerprint density at radius 2 is 1.86 bits per heavy atom. The Labute approximate surface area is 126 Å². The molecule has 1 aliphatic rings. The monoisotopic (exact) mass is 326 g/mol. The number of nitrogens with zero attached hydrogens (tertiary/aromatic N) is 2. The number of hydrogen-bond acceptors (Lipinski definition) is 4. The second-order valence-electron chi connectivity index (χ2n) is 4.60. The molecule has 6 nitrogen and oxygen atoms in total. The number of nitrogens with one attached hydrogen (secondary N) is 2. The molecule has 0 unspecified atom stereocenters. The van der Waals surface area contributed by atoms with Crippen LogP contribution in [0.25, 0.3) is 0 Å². The molecule has 0 atom stereocenters. The van der Waals surface area contributed by atoms with Crippen molar-refractivity contribution in [3.05, 3.63) is 48.3 Å². The predicted octanol–water partition coefficient (Wildman–Crippen LogP) is 1.95. The maximum atomic E-state index is 13.4.